The Morgan fingerprint density at radius 2 is 1.88 bits per heavy atom. The maximum atomic E-state index is 12.5. The first-order valence-electron chi connectivity index (χ1n) is 8.09. The minimum absolute atomic E-state index is 0.158. The van der Waals surface area contributed by atoms with Crippen LogP contribution >= 0.6 is 0 Å². The molecule has 0 saturated carbocycles. The van der Waals surface area contributed by atoms with E-state index in [-0.39, 0.29) is 12.6 Å². The first-order valence-corrected chi connectivity index (χ1v) is 8.09. The molecule has 0 unspecified atom stereocenters. The third kappa shape index (κ3) is 4.02. The summed E-state index contributed by atoms with van der Waals surface area (Å²) in [6.07, 6.45) is 3.42. The summed E-state index contributed by atoms with van der Waals surface area (Å²) in [6.45, 7) is 0.676. The molecule has 3 rings (SSSR count). The molecule has 0 N–H and O–H groups in total. The zero-order valence-corrected chi connectivity index (χ0v) is 15.0. The third-order valence-electron chi connectivity index (χ3n) is 3.95. The standard InChI is InChI=1S/C18H21N5O3/c1-21(12-14-8-10-19-22(14)2)18(24)17-9-11-23(20-17)13-26-16-6-4-15(25-3)5-7-16/h4-11H,12-13H2,1-3H3. The van der Waals surface area contributed by atoms with E-state index in [9.17, 15) is 4.79 Å². The van der Waals surface area contributed by atoms with Gasteiger partial charge in [-0.25, -0.2) is 4.68 Å². The van der Waals surface area contributed by atoms with Crippen LogP contribution in [0.4, 0.5) is 0 Å². The van der Waals surface area contributed by atoms with Gasteiger partial charge in [0.15, 0.2) is 12.4 Å². The molecule has 8 nitrogen and oxygen atoms in total. The van der Waals surface area contributed by atoms with Crippen LogP contribution in [0.15, 0.2) is 48.8 Å². The SMILES string of the molecule is COc1ccc(OCn2ccc(C(=O)N(C)Cc3ccnn3C)n2)cc1. The topological polar surface area (TPSA) is 74.4 Å². The summed E-state index contributed by atoms with van der Waals surface area (Å²) in [7, 11) is 5.20. The van der Waals surface area contributed by atoms with Crippen molar-refractivity contribution in [3.63, 3.8) is 0 Å². The van der Waals surface area contributed by atoms with Crippen molar-refractivity contribution in [2.75, 3.05) is 14.2 Å². The molecule has 0 radical (unpaired) electrons. The lowest BCUT2D eigenvalue weighted by molar-refractivity contribution is 0.0774. The molecule has 0 saturated heterocycles. The van der Waals surface area contributed by atoms with Crippen LogP contribution in [0.1, 0.15) is 16.2 Å². The van der Waals surface area contributed by atoms with Crippen LogP contribution in [0.25, 0.3) is 0 Å². The van der Waals surface area contributed by atoms with E-state index in [1.165, 1.54) is 0 Å². The van der Waals surface area contributed by atoms with Crippen LogP contribution in [0.3, 0.4) is 0 Å². The van der Waals surface area contributed by atoms with Crippen LogP contribution in [-0.4, -0.2) is 44.5 Å². The molecular formula is C18H21N5O3. The van der Waals surface area contributed by atoms with Crippen LogP contribution in [0.5, 0.6) is 11.5 Å². The second kappa shape index (κ2) is 7.73. The summed E-state index contributed by atoms with van der Waals surface area (Å²) in [4.78, 5) is 14.1. The van der Waals surface area contributed by atoms with Gasteiger partial charge in [-0.2, -0.15) is 10.2 Å². The Morgan fingerprint density at radius 1 is 1.15 bits per heavy atom. The number of carbonyl (C=O) groups is 1. The molecule has 0 aliphatic carbocycles. The van der Waals surface area contributed by atoms with Crippen molar-refractivity contribution >= 4 is 5.91 Å². The quantitative estimate of drug-likeness (QED) is 0.647. The Labute approximate surface area is 151 Å². The number of ether oxygens (including phenoxy) is 2. The van der Waals surface area contributed by atoms with Gasteiger partial charge >= 0.3 is 0 Å². The smallest absolute Gasteiger partial charge is 0.274 e. The number of benzene rings is 1. The van der Waals surface area contributed by atoms with Gasteiger partial charge in [-0.05, 0) is 36.4 Å². The highest BCUT2D eigenvalue weighted by Crippen LogP contribution is 2.17. The molecule has 2 aromatic heterocycles. The van der Waals surface area contributed by atoms with E-state index in [2.05, 4.69) is 10.2 Å². The minimum atomic E-state index is -0.158. The van der Waals surface area contributed by atoms with Crippen LogP contribution in [0.2, 0.25) is 0 Å². The summed E-state index contributed by atoms with van der Waals surface area (Å²) in [5, 5.41) is 8.39. The first kappa shape index (κ1) is 17.5. The van der Waals surface area contributed by atoms with Gasteiger partial charge < -0.3 is 14.4 Å². The molecule has 0 bridgehead atoms. The lowest BCUT2D eigenvalue weighted by atomic mass is 10.3. The fraction of sp³-hybridized carbons (Fsp3) is 0.278. The molecular weight excluding hydrogens is 334 g/mol. The molecule has 0 spiro atoms. The van der Waals surface area contributed by atoms with Gasteiger partial charge in [0, 0.05) is 26.5 Å². The second-order valence-corrected chi connectivity index (χ2v) is 5.80. The van der Waals surface area contributed by atoms with E-state index in [1.807, 2.05) is 37.4 Å². The predicted molar refractivity (Wildman–Crippen MR) is 94.9 cm³/mol. The maximum Gasteiger partial charge on any atom is 0.274 e. The fourth-order valence-electron chi connectivity index (χ4n) is 2.43. The summed E-state index contributed by atoms with van der Waals surface area (Å²) >= 11 is 0. The molecule has 8 heteroatoms. The number of rotatable bonds is 7. The van der Waals surface area contributed by atoms with Crippen molar-refractivity contribution in [1.29, 1.82) is 0 Å². The van der Waals surface area contributed by atoms with Gasteiger partial charge in [0.25, 0.3) is 5.91 Å². The Hall–Kier alpha value is -3.29. The Morgan fingerprint density at radius 3 is 2.54 bits per heavy atom. The Bertz CT molecular complexity index is 869. The van der Waals surface area contributed by atoms with Crippen molar-refractivity contribution in [2.24, 2.45) is 7.05 Å². The van der Waals surface area contributed by atoms with Crippen molar-refractivity contribution < 1.29 is 14.3 Å². The molecule has 1 amide bonds. The van der Waals surface area contributed by atoms with Gasteiger partial charge in [0.1, 0.15) is 11.5 Å². The Kier molecular flexibility index (Phi) is 5.21. The summed E-state index contributed by atoms with van der Waals surface area (Å²) < 4.78 is 14.1. The molecule has 3 aromatic rings. The molecule has 0 fully saturated rings. The molecule has 136 valence electrons. The number of methoxy groups -OCH3 is 1. The highest BCUT2D eigenvalue weighted by atomic mass is 16.5. The van der Waals surface area contributed by atoms with Crippen LogP contribution < -0.4 is 9.47 Å². The number of aryl methyl sites for hydroxylation is 1. The summed E-state index contributed by atoms with van der Waals surface area (Å²) in [5.74, 6) is 1.30. The minimum Gasteiger partial charge on any atom is -0.497 e. The number of aromatic nitrogens is 4. The summed E-state index contributed by atoms with van der Waals surface area (Å²) in [6, 6.07) is 10.8. The molecule has 0 atom stereocenters. The van der Waals surface area contributed by atoms with Crippen molar-refractivity contribution in [2.45, 2.75) is 13.3 Å². The largest absolute Gasteiger partial charge is 0.497 e. The summed E-state index contributed by atoms with van der Waals surface area (Å²) in [5.41, 5.74) is 1.32. The average molecular weight is 355 g/mol. The highest BCUT2D eigenvalue weighted by molar-refractivity contribution is 5.91. The molecule has 1 aromatic carbocycles. The van der Waals surface area contributed by atoms with Crippen molar-refractivity contribution in [3.8, 4) is 11.5 Å². The lowest BCUT2D eigenvalue weighted by Gasteiger charge is -2.15. The van der Waals surface area contributed by atoms with Crippen LogP contribution in [-0.2, 0) is 20.3 Å². The van der Waals surface area contributed by atoms with Gasteiger partial charge in [-0.3, -0.25) is 9.48 Å². The molecule has 26 heavy (non-hydrogen) atoms. The predicted octanol–water partition coefficient (Wildman–Crippen LogP) is 1.93. The average Bonchev–Trinajstić information content (AvgIpc) is 3.29. The zero-order chi connectivity index (χ0) is 18.5. The normalized spacial score (nSPS) is 10.6. The van der Waals surface area contributed by atoms with Crippen LogP contribution in [0, 0.1) is 0 Å². The number of amides is 1. The number of nitrogens with zero attached hydrogens (tertiary/aromatic N) is 5. The van der Waals surface area contributed by atoms with Crippen molar-refractivity contribution in [3.05, 3.63) is 60.2 Å². The molecule has 0 aliphatic heterocycles. The van der Waals surface area contributed by atoms with Gasteiger partial charge in [-0.1, -0.05) is 0 Å². The molecule has 2 heterocycles. The maximum absolute atomic E-state index is 12.5. The van der Waals surface area contributed by atoms with E-state index in [0.717, 1.165) is 11.4 Å². The van der Waals surface area contributed by atoms with E-state index in [0.29, 0.717) is 18.0 Å². The van der Waals surface area contributed by atoms with E-state index in [1.54, 1.807) is 46.9 Å². The van der Waals surface area contributed by atoms with Crippen molar-refractivity contribution in [1.82, 2.24) is 24.5 Å². The highest BCUT2D eigenvalue weighted by Gasteiger charge is 2.16. The van der Waals surface area contributed by atoms with Gasteiger partial charge in [0.2, 0.25) is 0 Å². The van der Waals surface area contributed by atoms with E-state index >= 15 is 0 Å². The van der Waals surface area contributed by atoms with E-state index < -0.39 is 0 Å². The first-order chi connectivity index (χ1) is 12.6. The lowest BCUT2D eigenvalue weighted by Crippen LogP contribution is -2.27. The second-order valence-electron chi connectivity index (χ2n) is 5.80. The fourth-order valence-corrected chi connectivity index (χ4v) is 2.43. The Balaban J connectivity index is 1.57. The number of carbonyl (C=O) groups excluding carboxylic acids is 1. The van der Waals surface area contributed by atoms with Gasteiger partial charge in [-0.15, -0.1) is 0 Å². The molecule has 0 aliphatic rings. The van der Waals surface area contributed by atoms with Gasteiger partial charge in [0.05, 0.1) is 19.3 Å². The zero-order valence-electron chi connectivity index (χ0n) is 15.0. The van der Waals surface area contributed by atoms with E-state index in [4.69, 9.17) is 9.47 Å². The third-order valence-corrected chi connectivity index (χ3v) is 3.95. The number of hydrogen-bond acceptors (Lipinski definition) is 5. The monoisotopic (exact) mass is 355 g/mol. The number of hydrogen-bond donors (Lipinski definition) is 0.